The molecule has 3 N–H and O–H groups in total. The standard InChI is InChI=1S/C13H20N2O3/c1-2-3-9-14-13(18)15-11-8-6-4-5-7-10(11)12(16)17/h10-11H,4-9H2,1H3,(H,16,17)(H2,14,15,18). The van der Waals surface area contributed by atoms with E-state index >= 15 is 0 Å². The molecule has 2 unspecified atom stereocenters. The van der Waals surface area contributed by atoms with Crippen molar-refractivity contribution in [3.63, 3.8) is 0 Å². The third-order valence-corrected chi connectivity index (χ3v) is 3.16. The summed E-state index contributed by atoms with van der Waals surface area (Å²) in [4.78, 5) is 22.7. The first kappa shape index (κ1) is 14.4. The van der Waals surface area contributed by atoms with Crippen LogP contribution in [0.25, 0.3) is 0 Å². The summed E-state index contributed by atoms with van der Waals surface area (Å²) in [6, 6.07) is -0.615. The van der Waals surface area contributed by atoms with Crippen LogP contribution in [0.15, 0.2) is 0 Å². The number of carbonyl (C=O) groups is 2. The Morgan fingerprint density at radius 2 is 2.00 bits per heavy atom. The van der Waals surface area contributed by atoms with Gasteiger partial charge >= 0.3 is 12.0 Å². The van der Waals surface area contributed by atoms with E-state index in [0.29, 0.717) is 6.42 Å². The highest BCUT2D eigenvalue weighted by atomic mass is 16.4. The highest BCUT2D eigenvalue weighted by Gasteiger charge is 2.30. The molecule has 100 valence electrons. The second kappa shape index (κ2) is 7.59. The van der Waals surface area contributed by atoms with Crippen molar-refractivity contribution >= 4 is 12.0 Å². The summed E-state index contributed by atoms with van der Waals surface area (Å²) in [6.45, 7) is 1.98. The van der Waals surface area contributed by atoms with Gasteiger partial charge in [-0.25, -0.2) is 4.79 Å². The molecule has 0 aromatic heterocycles. The van der Waals surface area contributed by atoms with Gasteiger partial charge in [0.15, 0.2) is 0 Å². The minimum atomic E-state index is -0.824. The topological polar surface area (TPSA) is 78.4 Å². The van der Waals surface area contributed by atoms with Gasteiger partial charge in [0.2, 0.25) is 0 Å². The Balaban J connectivity index is 2.51. The maximum Gasteiger partial charge on any atom is 0.315 e. The molecular weight excluding hydrogens is 232 g/mol. The number of hydrogen-bond donors (Lipinski definition) is 3. The molecule has 1 fully saturated rings. The SMILES string of the molecule is CC#CCNC(=O)NC1CCCCCC1C(=O)O. The van der Waals surface area contributed by atoms with Crippen LogP contribution < -0.4 is 10.6 Å². The molecular formula is C13H20N2O3. The highest BCUT2D eigenvalue weighted by molar-refractivity contribution is 5.76. The molecule has 5 nitrogen and oxygen atoms in total. The van der Waals surface area contributed by atoms with Gasteiger partial charge in [-0.05, 0) is 19.8 Å². The van der Waals surface area contributed by atoms with E-state index in [2.05, 4.69) is 22.5 Å². The lowest BCUT2D eigenvalue weighted by Crippen LogP contribution is -2.47. The molecule has 0 bridgehead atoms. The Morgan fingerprint density at radius 3 is 2.67 bits per heavy atom. The molecule has 1 rings (SSSR count). The van der Waals surface area contributed by atoms with E-state index in [1.54, 1.807) is 6.92 Å². The summed E-state index contributed by atoms with van der Waals surface area (Å²) in [7, 11) is 0. The molecule has 2 amide bonds. The van der Waals surface area contributed by atoms with Crippen molar-refractivity contribution in [3.05, 3.63) is 0 Å². The van der Waals surface area contributed by atoms with Crippen LogP contribution in [-0.2, 0) is 4.79 Å². The molecule has 1 aliphatic rings. The number of amides is 2. The van der Waals surface area contributed by atoms with Crippen molar-refractivity contribution in [2.45, 2.75) is 45.1 Å². The molecule has 0 heterocycles. The number of rotatable bonds is 3. The largest absolute Gasteiger partial charge is 0.481 e. The summed E-state index contributed by atoms with van der Waals surface area (Å²) < 4.78 is 0. The zero-order valence-corrected chi connectivity index (χ0v) is 10.7. The molecule has 1 saturated carbocycles. The normalized spacial score (nSPS) is 23.2. The van der Waals surface area contributed by atoms with Crippen LogP contribution in [0.4, 0.5) is 4.79 Å². The van der Waals surface area contributed by atoms with Crippen molar-refractivity contribution in [1.29, 1.82) is 0 Å². The van der Waals surface area contributed by atoms with E-state index in [0.717, 1.165) is 25.7 Å². The fourth-order valence-corrected chi connectivity index (χ4v) is 2.21. The van der Waals surface area contributed by atoms with Crippen LogP contribution >= 0.6 is 0 Å². The van der Waals surface area contributed by atoms with Crippen LogP contribution in [0, 0.1) is 17.8 Å². The Bertz CT molecular complexity index is 357. The summed E-state index contributed by atoms with van der Waals surface area (Å²) in [5.74, 6) is 4.10. The van der Waals surface area contributed by atoms with E-state index in [1.165, 1.54) is 0 Å². The second-order valence-electron chi connectivity index (χ2n) is 4.44. The first-order chi connectivity index (χ1) is 8.65. The molecule has 0 saturated heterocycles. The smallest absolute Gasteiger partial charge is 0.315 e. The maximum absolute atomic E-state index is 11.6. The molecule has 5 heteroatoms. The molecule has 0 aromatic carbocycles. The summed E-state index contributed by atoms with van der Waals surface area (Å²) in [6.07, 6.45) is 4.27. The predicted octanol–water partition coefficient (Wildman–Crippen LogP) is 1.34. The monoisotopic (exact) mass is 252 g/mol. The van der Waals surface area contributed by atoms with Crippen molar-refractivity contribution in [3.8, 4) is 11.8 Å². The van der Waals surface area contributed by atoms with Crippen LogP contribution in [0.5, 0.6) is 0 Å². The first-order valence-corrected chi connectivity index (χ1v) is 6.32. The average molecular weight is 252 g/mol. The van der Waals surface area contributed by atoms with Gasteiger partial charge in [-0.15, -0.1) is 5.92 Å². The van der Waals surface area contributed by atoms with Gasteiger partial charge in [0.05, 0.1) is 12.5 Å². The number of hydrogen-bond acceptors (Lipinski definition) is 2. The first-order valence-electron chi connectivity index (χ1n) is 6.32. The second-order valence-corrected chi connectivity index (χ2v) is 4.44. The lowest BCUT2D eigenvalue weighted by atomic mass is 9.95. The molecule has 0 spiro atoms. The van der Waals surface area contributed by atoms with Crippen LogP contribution in [0.3, 0.4) is 0 Å². The Kier molecular flexibility index (Phi) is 6.06. The number of carbonyl (C=O) groups excluding carboxylic acids is 1. The Hall–Kier alpha value is -1.70. The minimum absolute atomic E-state index is 0.278. The third kappa shape index (κ3) is 4.66. The van der Waals surface area contributed by atoms with Gasteiger partial charge in [0.25, 0.3) is 0 Å². The van der Waals surface area contributed by atoms with Gasteiger partial charge in [-0.3, -0.25) is 4.79 Å². The molecule has 0 aromatic rings. The number of nitrogens with one attached hydrogen (secondary N) is 2. The van der Waals surface area contributed by atoms with E-state index in [4.69, 9.17) is 5.11 Å². The predicted molar refractivity (Wildman–Crippen MR) is 68.0 cm³/mol. The quantitative estimate of drug-likeness (QED) is 0.524. The van der Waals surface area contributed by atoms with Crippen molar-refractivity contribution in [2.75, 3.05) is 6.54 Å². The average Bonchev–Trinajstić information content (AvgIpc) is 2.55. The van der Waals surface area contributed by atoms with Crippen molar-refractivity contribution in [2.24, 2.45) is 5.92 Å². The number of carboxylic acids is 1. The van der Waals surface area contributed by atoms with E-state index in [-0.39, 0.29) is 18.6 Å². The highest BCUT2D eigenvalue weighted by Crippen LogP contribution is 2.23. The molecule has 0 radical (unpaired) electrons. The minimum Gasteiger partial charge on any atom is -0.481 e. The van der Waals surface area contributed by atoms with E-state index in [1.807, 2.05) is 0 Å². The zero-order chi connectivity index (χ0) is 13.4. The van der Waals surface area contributed by atoms with Crippen LogP contribution in [-0.4, -0.2) is 29.7 Å². The fourth-order valence-electron chi connectivity index (χ4n) is 2.21. The lowest BCUT2D eigenvalue weighted by molar-refractivity contribution is -0.142. The van der Waals surface area contributed by atoms with Crippen molar-refractivity contribution in [1.82, 2.24) is 10.6 Å². The fraction of sp³-hybridized carbons (Fsp3) is 0.692. The summed E-state index contributed by atoms with van der Waals surface area (Å²) in [5, 5.41) is 14.5. The Labute approximate surface area is 107 Å². The van der Waals surface area contributed by atoms with Crippen LogP contribution in [0.1, 0.15) is 39.0 Å². The number of urea groups is 1. The van der Waals surface area contributed by atoms with E-state index in [9.17, 15) is 9.59 Å². The Morgan fingerprint density at radius 1 is 1.28 bits per heavy atom. The molecule has 18 heavy (non-hydrogen) atoms. The number of carboxylic acid groups (broad SMARTS) is 1. The van der Waals surface area contributed by atoms with Gasteiger partial charge < -0.3 is 15.7 Å². The molecule has 1 aliphatic carbocycles. The maximum atomic E-state index is 11.6. The number of aliphatic carboxylic acids is 1. The lowest BCUT2D eigenvalue weighted by Gasteiger charge is -2.22. The van der Waals surface area contributed by atoms with Crippen LogP contribution in [0.2, 0.25) is 0 Å². The third-order valence-electron chi connectivity index (χ3n) is 3.16. The van der Waals surface area contributed by atoms with Gasteiger partial charge in [-0.1, -0.05) is 25.2 Å². The van der Waals surface area contributed by atoms with Gasteiger partial charge in [0, 0.05) is 6.04 Å². The zero-order valence-electron chi connectivity index (χ0n) is 10.7. The van der Waals surface area contributed by atoms with Gasteiger partial charge in [-0.2, -0.15) is 0 Å². The molecule has 0 aliphatic heterocycles. The summed E-state index contributed by atoms with van der Waals surface area (Å²) >= 11 is 0. The summed E-state index contributed by atoms with van der Waals surface area (Å²) in [5.41, 5.74) is 0. The van der Waals surface area contributed by atoms with Crippen molar-refractivity contribution < 1.29 is 14.7 Å². The van der Waals surface area contributed by atoms with Gasteiger partial charge in [0.1, 0.15) is 0 Å². The van der Waals surface area contributed by atoms with E-state index < -0.39 is 11.9 Å². The molecule has 2 atom stereocenters.